The highest BCUT2D eigenvalue weighted by atomic mass is 35.5. The van der Waals surface area contributed by atoms with Gasteiger partial charge >= 0.3 is 0 Å². The Balaban J connectivity index is 1.94. The quantitative estimate of drug-likeness (QED) is 0.753. The number of carbonyl (C=O) groups is 2. The van der Waals surface area contributed by atoms with Gasteiger partial charge in [-0.15, -0.1) is 0 Å². The normalized spacial score (nSPS) is 16.9. The van der Waals surface area contributed by atoms with Crippen LogP contribution in [0.4, 0.5) is 5.69 Å². The van der Waals surface area contributed by atoms with Crippen molar-refractivity contribution in [1.29, 1.82) is 0 Å². The molecule has 0 radical (unpaired) electrons. The van der Waals surface area contributed by atoms with E-state index in [1.165, 1.54) is 7.05 Å². The molecule has 0 saturated carbocycles. The zero-order valence-corrected chi connectivity index (χ0v) is 14.9. The Morgan fingerprint density at radius 1 is 1.00 bits per heavy atom. The van der Waals surface area contributed by atoms with Crippen LogP contribution in [0.1, 0.15) is 11.1 Å². The molecule has 2 aliphatic rings. The van der Waals surface area contributed by atoms with Crippen LogP contribution in [0.25, 0.3) is 5.57 Å². The maximum absolute atomic E-state index is 12.8. The lowest BCUT2D eigenvalue weighted by molar-refractivity contribution is -0.135. The van der Waals surface area contributed by atoms with Crippen LogP contribution >= 0.6 is 23.2 Å². The number of hydrogen-bond acceptors (Lipinski definition) is 3. The number of imide groups is 1. The number of nitrogens with zero attached hydrogens (tertiary/aromatic N) is 2. The molecule has 2 heterocycles. The van der Waals surface area contributed by atoms with Gasteiger partial charge < -0.3 is 4.90 Å². The van der Waals surface area contributed by atoms with Gasteiger partial charge in [-0.3, -0.25) is 14.5 Å². The Bertz CT molecular complexity index is 952. The van der Waals surface area contributed by atoms with E-state index in [-0.39, 0.29) is 11.8 Å². The van der Waals surface area contributed by atoms with Crippen LogP contribution in [0, 0.1) is 0 Å². The summed E-state index contributed by atoms with van der Waals surface area (Å²) in [7, 11) is 1.49. The first-order chi connectivity index (χ1) is 12.0. The molecule has 0 unspecified atom stereocenters. The van der Waals surface area contributed by atoms with Gasteiger partial charge in [-0.25, -0.2) is 0 Å². The number of amides is 2. The average Bonchev–Trinajstić information content (AvgIpc) is 3.10. The maximum atomic E-state index is 12.8. The van der Waals surface area contributed by atoms with Crippen molar-refractivity contribution >= 4 is 46.3 Å². The highest BCUT2D eigenvalue weighted by molar-refractivity contribution is 6.41. The molecule has 6 heteroatoms. The van der Waals surface area contributed by atoms with E-state index in [2.05, 4.69) is 0 Å². The van der Waals surface area contributed by atoms with Gasteiger partial charge in [0.2, 0.25) is 0 Å². The zero-order chi connectivity index (χ0) is 17.7. The van der Waals surface area contributed by atoms with E-state index in [4.69, 9.17) is 23.2 Å². The highest BCUT2D eigenvalue weighted by Gasteiger charge is 2.41. The molecule has 2 aliphatic heterocycles. The zero-order valence-electron chi connectivity index (χ0n) is 13.4. The molecule has 2 amide bonds. The minimum atomic E-state index is -0.353. The van der Waals surface area contributed by atoms with Crippen LogP contribution in [0.3, 0.4) is 0 Å². The van der Waals surface area contributed by atoms with E-state index in [1.54, 1.807) is 18.2 Å². The molecule has 126 valence electrons. The lowest BCUT2D eigenvalue weighted by Gasteiger charge is -2.21. The number of rotatable bonds is 2. The van der Waals surface area contributed by atoms with Crippen LogP contribution < -0.4 is 4.90 Å². The van der Waals surface area contributed by atoms with Crippen molar-refractivity contribution in [3.05, 3.63) is 69.3 Å². The smallest absolute Gasteiger partial charge is 0.277 e. The molecule has 4 nitrogen and oxygen atoms in total. The fourth-order valence-corrected chi connectivity index (χ4v) is 3.89. The fraction of sp³-hybridized carbons (Fsp3) is 0.158. The van der Waals surface area contributed by atoms with E-state index < -0.39 is 0 Å². The van der Waals surface area contributed by atoms with Crippen LogP contribution in [0.2, 0.25) is 10.0 Å². The van der Waals surface area contributed by atoms with Crippen molar-refractivity contribution in [1.82, 2.24) is 4.90 Å². The average molecular weight is 373 g/mol. The van der Waals surface area contributed by atoms with E-state index in [9.17, 15) is 9.59 Å². The van der Waals surface area contributed by atoms with Crippen LogP contribution in [0.5, 0.6) is 0 Å². The van der Waals surface area contributed by atoms with Gasteiger partial charge in [-0.05, 0) is 30.2 Å². The second-order valence-corrected chi connectivity index (χ2v) is 6.89. The Kier molecular flexibility index (Phi) is 3.82. The number of halogens is 2. The van der Waals surface area contributed by atoms with E-state index in [0.717, 1.165) is 22.6 Å². The van der Waals surface area contributed by atoms with Gasteiger partial charge in [0.15, 0.2) is 0 Å². The summed E-state index contributed by atoms with van der Waals surface area (Å²) in [6, 6.07) is 12.8. The molecular weight excluding hydrogens is 359 g/mol. The van der Waals surface area contributed by atoms with Gasteiger partial charge in [0, 0.05) is 29.9 Å². The van der Waals surface area contributed by atoms with Gasteiger partial charge in [-0.2, -0.15) is 0 Å². The minimum Gasteiger partial charge on any atom is -0.336 e. The van der Waals surface area contributed by atoms with Gasteiger partial charge in [0.1, 0.15) is 5.70 Å². The topological polar surface area (TPSA) is 40.6 Å². The van der Waals surface area contributed by atoms with Crippen LogP contribution in [-0.2, 0) is 16.0 Å². The molecule has 0 saturated heterocycles. The third-order valence-electron chi connectivity index (χ3n) is 4.62. The molecule has 2 aromatic rings. The van der Waals surface area contributed by atoms with Gasteiger partial charge in [0.05, 0.1) is 10.6 Å². The van der Waals surface area contributed by atoms with Crippen molar-refractivity contribution in [2.45, 2.75) is 6.42 Å². The highest BCUT2D eigenvalue weighted by Crippen LogP contribution is 2.40. The lowest BCUT2D eigenvalue weighted by atomic mass is 10.0. The van der Waals surface area contributed by atoms with Gasteiger partial charge in [-0.1, -0.05) is 47.5 Å². The van der Waals surface area contributed by atoms with Crippen molar-refractivity contribution in [2.24, 2.45) is 0 Å². The SMILES string of the molecule is CN1C(=O)C(c2ccc(Cl)cc2Cl)=C(N2CCc3ccccc32)C1=O. The number of anilines is 1. The molecule has 0 aromatic heterocycles. The summed E-state index contributed by atoms with van der Waals surface area (Å²) in [4.78, 5) is 28.6. The number of likely N-dealkylation sites (N-methyl/N-ethyl adjacent to an activating group) is 1. The Morgan fingerprint density at radius 3 is 2.52 bits per heavy atom. The monoisotopic (exact) mass is 372 g/mol. The van der Waals surface area contributed by atoms with E-state index in [1.807, 2.05) is 29.2 Å². The molecule has 25 heavy (non-hydrogen) atoms. The summed E-state index contributed by atoms with van der Waals surface area (Å²) in [5.74, 6) is -0.670. The number of fused-ring (bicyclic) bond motifs is 1. The third kappa shape index (κ3) is 2.44. The second-order valence-electron chi connectivity index (χ2n) is 6.05. The lowest BCUT2D eigenvalue weighted by Crippen LogP contribution is -2.31. The first-order valence-corrected chi connectivity index (χ1v) is 8.62. The predicted octanol–water partition coefficient (Wildman–Crippen LogP) is 3.77. The summed E-state index contributed by atoms with van der Waals surface area (Å²) < 4.78 is 0. The van der Waals surface area contributed by atoms with E-state index >= 15 is 0 Å². The number of carbonyl (C=O) groups excluding carboxylic acids is 2. The standard InChI is InChI=1S/C19H14Cl2N2O2/c1-22-18(24)16(13-7-6-12(20)10-14(13)21)17(19(22)25)23-9-8-11-4-2-3-5-15(11)23/h2-7,10H,8-9H2,1H3. The van der Waals surface area contributed by atoms with Crippen LogP contribution in [-0.4, -0.2) is 30.3 Å². The maximum Gasteiger partial charge on any atom is 0.277 e. The molecule has 0 aliphatic carbocycles. The van der Waals surface area contributed by atoms with Gasteiger partial charge in [0.25, 0.3) is 11.8 Å². The van der Waals surface area contributed by atoms with Crippen molar-refractivity contribution in [3.8, 4) is 0 Å². The molecule has 0 fully saturated rings. The number of para-hydroxylation sites is 1. The molecule has 4 rings (SSSR count). The fourth-order valence-electron chi connectivity index (χ4n) is 3.38. The Labute approximate surface area is 155 Å². The summed E-state index contributed by atoms with van der Waals surface area (Å²) >= 11 is 12.3. The van der Waals surface area contributed by atoms with Crippen molar-refractivity contribution in [2.75, 3.05) is 18.5 Å². The Morgan fingerprint density at radius 2 is 1.76 bits per heavy atom. The number of hydrogen-bond donors (Lipinski definition) is 0. The van der Waals surface area contributed by atoms with Crippen LogP contribution in [0.15, 0.2) is 48.2 Å². The first-order valence-electron chi connectivity index (χ1n) is 7.86. The Hall–Kier alpha value is -2.30. The molecule has 0 bridgehead atoms. The third-order valence-corrected chi connectivity index (χ3v) is 5.17. The molecule has 0 N–H and O–H groups in total. The van der Waals surface area contributed by atoms with E-state index in [0.29, 0.717) is 33.4 Å². The summed E-state index contributed by atoms with van der Waals surface area (Å²) in [5, 5.41) is 0.830. The minimum absolute atomic E-state index is 0.317. The first kappa shape index (κ1) is 16.2. The molecular formula is C19H14Cl2N2O2. The molecule has 0 atom stereocenters. The second kappa shape index (κ2) is 5.90. The largest absolute Gasteiger partial charge is 0.336 e. The van der Waals surface area contributed by atoms with Crippen molar-refractivity contribution < 1.29 is 9.59 Å². The van der Waals surface area contributed by atoms with Crippen molar-refractivity contribution in [3.63, 3.8) is 0 Å². The molecule has 0 spiro atoms. The number of benzene rings is 2. The molecule has 2 aromatic carbocycles. The predicted molar refractivity (Wildman–Crippen MR) is 98.7 cm³/mol. The summed E-state index contributed by atoms with van der Waals surface area (Å²) in [5.41, 5.74) is 3.34. The summed E-state index contributed by atoms with van der Waals surface area (Å²) in [6.07, 6.45) is 0.826. The summed E-state index contributed by atoms with van der Waals surface area (Å²) in [6.45, 7) is 0.649.